The largest absolute Gasteiger partial charge is 0.392 e. The van der Waals surface area contributed by atoms with E-state index in [1.54, 1.807) is 11.3 Å². The molecule has 16 heavy (non-hydrogen) atoms. The number of nitrogens with one attached hydrogen (secondary N) is 1. The van der Waals surface area contributed by atoms with E-state index in [-0.39, 0.29) is 11.5 Å². The summed E-state index contributed by atoms with van der Waals surface area (Å²) in [7, 11) is 0. The maximum Gasteiger partial charge on any atom is 0.0669 e. The fourth-order valence-corrected chi connectivity index (χ4v) is 2.42. The van der Waals surface area contributed by atoms with Gasteiger partial charge in [-0.2, -0.15) is 11.3 Å². The molecule has 2 nitrogen and oxygen atoms in total. The summed E-state index contributed by atoms with van der Waals surface area (Å²) < 4.78 is 0. The Morgan fingerprint density at radius 3 is 2.75 bits per heavy atom. The van der Waals surface area contributed by atoms with E-state index in [1.807, 2.05) is 0 Å². The molecule has 0 aliphatic carbocycles. The van der Waals surface area contributed by atoms with Gasteiger partial charge in [-0.1, -0.05) is 20.8 Å². The van der Waals surface area contributed by atoms with Gasteiger partial charge in [-0.25, -0.2) is 0 Å². The Bertz CT molecular complexity index is 277. The van der Waals surface area contributed by atoms with Crippen LogP contribution in [-0.2, 0) is 6.42 Å². The summed E-state index contributed by atoms with van der Waals surface area (Å²) in [6, 6.07) is 2.15. The predicted octanol–water partition coefficient (Wildman–Crippen LogP) is 2.68. The van der Waals surface area contributed by atoms with Crippen molar-refractivity contribution in [1.29, 1.82) is 0 Å². The minimum absolute atomic E-state index is 0.203. The van der Waals surface area contributed by atoms with Crippen molar-refractivity contribution in [2.24, 2.45) is 5.41 Å². The SMILES string of the molecule is CC(C)(C)CC(O)CNCCc1ccsc1. The van der Waals surface area contributed by atoms with Gasteiger partial charge in [-0.05, 0) is 47.2 Å². The van der Waals surface area contributed by atoms with Gasteiger partial charge < -0.3 is 10.4 Å². The lowest BCUT2D eigenvalue weighted by Crippen LogP contribution is -2.31. The van der Waals surface area contributed by atoms with Crippen molar-refractivity contribution in [1.82, 2.24) is 5.32 Å². The van der Waals surface area contributed by atoms with Crippen LogP contribution in [0.5, 0.6) is 0 Å². The highest BCUT2D eigenvalue weighted by Crippen LogP contribution is 2.20. The van der Waals surface area contributed by atoms with Gasteiger partial charge in [0.2, 0.25) is 0 Å². The van der Waals surface area contributed by atoms with E-state index in [1.165, 1.54) is 5.56 Å². The highest BCUT2D eigenvalue weighted by Gasteiger charge is 2.15. The molecule has 1 rings (SSSR count). The molecule has 0 saturated carbocycles. The number of hydrogen-bond donors (Lipinski definition) is 2. The topological polar surface area (TPSA) is 32.3 Å². The van der Waals surface area contributed by atoms with E-state index >= 15 is 0 Å². The number of hydrogen-bond acceptors (Lipinski definition) is 3. The third-order valence-electron chi connectivity index (χ3n) is 2.40. The van der Waals surface area contributed by atoms with Crippen LogP contribution in [0, 0.1) is 5.41 Å². The molecule has 0 spiro atoms. The summed E-state index contributed by atoms with van der Waals surface area (Å²) >= 11 is 1.73. The average Bonchev–Trinajstić information content (AvgIpc) is 2.62. The first kappa shape index (κ1) is 13.7. The molecule has 1 atom stereocenters. The molecule has 1 aromatic rings. The molecule has 0 aliphatic heterocycles. The number of rotatable bonds is 6. The second-order valence-electron chi connectivity index (χ2n) is 5.50. The Morgan fingerprint density at radius 2 is 2.19 bits per heavy atom. The summed E-state index contributed by atoms with van der Waals surface area (Å²) in [6.45, 7) is 8.10. The zero-order chi connectivity index (χ0) is 12.0. The maximum atomic E-state index is 9.78. The summed E-state index contributed by atoms with van der Waals surface area (Å²) in [5, 5.41) is 17.4. The molecule has 0 aromatic carbocycles. The summed E-state index contributed by atoms with van der Waals surface area (Å²) in [5.74, 6) is 0. The maximum absolute atomic E-state index is 9.78. The fourth-order valence-electron chi connectivity index (χ4n) is 1.72. The summed E-state index contributed by atoms with van der Waals surface area (Å²) in [4.78, 5) is 0. The monoisotopic (exact) mass is 241 g/mol. The van der Waals surface area contributed by atoms with Crippen LogP contribution in [0.2, 0.25) is 0 Å². The molecule has 1 unspecified atom stereocenters. The normalized spacial score (nSPS) is 14.0. The van der Waals surface area contributed by atoms with E-state index < -0.39 is 0 Å². The van der Waals surface area contributed by atoms with Crippen LogP contribution in [0.25, 0.3) is 0 Å². The lowest BCUT2D eigenvalue weighted by Gasteiger charge is -2.22. The van der Waals surface area contributed by atoms with Gasteiger partial charge in [0.1, 0.15) is 0 Å². The molecule has 92 valence electrons. The third-order valence-corrected chi connectivity index (χ3v) is 3.13. The minimum Gasteiger partial charge on any atom is -0.392 e. The molecule has 0 amide bonds. The van der Waals surface area contributed by atoms with Gasteiger partial charge in [0.15, 0.2) is 0 Å². The molecule has 0 saturated heterocycles. The molecule has 0 fully saturated rings. The van der Waals surface area contributed by atoms with Crippen molar-refractivity contribution in [3.63, 3.8) is 0 Å². The van der Waals surface area contributed by atoms with Crippen molar-refractivity contribution >= 4 is 11.3 Å². The van der Waals surface area contributed by atoms with Crippen molar-refractivity contribution < 1.29 is 5.11 Å². The van der Waals surface area contributed by atoms with Crippen LogP contribution in [0.4, 0.5) is 0 Å². The Kier molecular flexibility index (Phi) is 5.46. The molecule has 3 heteroatoms. The zero-order valence-corrected chi connectivity index (χ0v) is 11.3. The van der Waals surface area contributed by atoms with Gasteiger partial charge in [0, 0.05) is 6.54 Å². The van der Waals surface area contributed by atoms with Crippen LogP contribution in [0.3, 0.4) is 0 Å². The Morgan fingerprint density at radius 1 is 1.44 bits per heavy atom. The van der Waals surface area contributed by atoms with Gasteiger partial charge in [0.25, 0.3) is 0 Å². The minimum atomic E-state index is -0.234. The van der Waals surface area contributed by atoms with E-state index in [0.717, 1.165) is 19.4 Å². The third kappa shape index (κ3) is 6.26. The van der Waals surface area contributed by atoms with Gasteiger partial charge in [-0.15, -0.1) is 0 Å². The molecule has 1 aromatic heterocycles. The average molecular weight is 241 g/mol. The molecule has 0 aliphatic rings. The predicted molar refractivity (Wildman–Crippen MR) is 71.0 cm³/mol. The lowest BCUT2D eigenvalue weighted by molar-refractivity contribution is 0.120. The number of aliphatic hydroxyl groups excluding tert-OH is 1. The van der Waals surface area contributed by atoms with E-state index in [2.05, 4.69) is 42.9 Å². The number of thiophene rings is 1. The summed E-state index contributed by atoms with van der Waals surface area (Å²) in [6.07, 6.45) is 1.66. The first-order chi connectivity index (χ1) is 7.47. The van der Waals surface area contributed by atoms with Crippen molar-refractivity contribution in [2.75, 3.05) is 13.1 Å². The van der Waals surface area contributed by atoms with Gasteiger partial charge >= 0.3 is 0 Å². The van der Waals surface area contributed by atoms with Crippen LogP contribution >= 0.6 is 11.3 Å². The molecule has 0 radical (unpaired) electrons. The Balaban J connectivity index is 2.07. The molecule has 1 heterocycles. The van der Waals surface area contributed by atoms with Gasteiger partial charge in [0.05, 0.1) is 6.10 Å². The quantitative estimate of drug-likeness (QED) is 0.751. The zero-order valence-electron chi connectivity index (χ0n) is 10.5. The standard InChI is InChI=1S/C13H23NOS/c1-13(2,3)8-12(15)9-14-6-4-11-5-7-16-10-11/h5,7,10,12,14-15H,4,6,8-9H2,1-3H3. The fraction of sp³-hybridized carbons (Fsp3) is 0.692. The smallest absolute Gasteiger partial charge is 0.0669 e. The second kappa shape index (κ2) is 6.38. The first-order valence-corrected chi connectivity index (χ1v) is 6.81. The van der Waals surface area contributed by atoms with Crippen molar-refractivity contribution in [3.8, 4) is 0 Å². The molecule has 2 N–H and O–H groups in total. The summed E-state index contributed by atoms with van der Waals surface area (Å²) in [5.41, 5.74) is 1.58. The van der Waals surface area contributed by atoms with E-state index in [9.17, 15) is 5.11 Å². The second-order valence-corrected chi connectivity index (χ2v) is 6.28. The highest BCUT2D eigenvalue weighted by molar-refractivity contribution is 7.07. The van der Waals surface area contributed by atoms with Crippen LogP contribution in [0.1, 0.15) is 32.8 Å². The van der Waals surface area contributed by atoms with Crippen LogP contribution in [0.15, 0.2) is 16.8 Å². The van der Waals surface area contributed by atoms with Crippen molar-refractivity contribution in [2.45, 2.75) is 39.7 Å². The van der Waals surface area contributed by atoms with Crippen LogP contribution < -0.4 is 5.32 Å². The molecular weight excluding hydrogens is 218 g/mol. The lowest BCUT2D eigenvalue weighted by atomic mass is 9.89. The van der Waals surface area contributed by atoms with E-state index in [4.69, 9.17) is 0 Å². The Hall–Kier alpha value is -0.380. The molecular formula is C13H23NOS. The highest BCUT2D eigenvalue weighted by atomic mass is 32.1. The number of aliphatic hydroxyl groups is 1. The molecule has 0 bridgehead atoms. The Labute approximate surface area is 103 Å². The van der Waals surface area contributed by atoms with Gasteiger partial charge in [-0.3, -0.25) is 0 Å². The van der Waals surface area contributed by atoms with Crippen LogP contribution in [-0.4, -0.2) is 24.3 Å². The van der Waals surface area contributed by atoms with E-state index in [0.29, 0.717) is 6.54 Å². The first-order valence-electron chi connectivity index (χ1n) is 5.87. The van der Waals surface area contributed by atoms with Crippen molar-refractivity contribution in [3.05, 3.63) is 22.4 Å².